The second-order valence-electron chi connectivity index (χ2n) is 2.62. The number of hydrogen-bond acceptors (Lipinski definition) is 2. The Labute approximate surface area is 101 Å². The SMILES string of the molecule is O=C(O)c1c(Br)ccn2c(I)cnc12. The highest BCUT2D eigenvalue weighted by Gasteiger charge is 2.15. The van der Waals surface area contributed by atoms with Crippen LogP contribution in [0.1, 0.15) is 10.4 Å². The molecule has 2 aromatic heterocycles. The number of imidazole rings is 1. The van der Waals surface area contributed by atoms with E-state index >= 15 is 0 Å². The molecule has 4 nitrogen and oxygen atoms in total. The number of carboxylic acids is 1. The zero-order chi connectivity index (χ0) is 10.3. The molecule has 14 heavy (non-hydrogen) atoms. The van der Waals surface area contributed by atoms with Gasteiger partial charge in [0.1, 0.15) is 9.26 Å². The van der Waals surface area contributed by atoms with Crippen LogP contribution in [0.4, 0.5) is 0 Å². The van der Waals surface area contributed by atoms with E-state index in [9.17, 15) is 4.79 Å². The maximum atomic E-state index is 11.0. The van der Waals surface area contributed by atoms with Gasteiger partial charge < -0.3 is 5.11 Å². The Morgan fingerprint density at radius 3 is 3.00 bits per heavy atom. The van der Waals surface area contributed by atoms with Crippen LogP contribution >= 0.6 is 38.5 Å². The van der Waals surface area contributed by atoms with Crippen molar-refractivity contribution < 1.29 is 9.90 Å². The third-order valence-corrected chi connectivity index (χ3v) is 3.26. The van der Waals surface area contributed by atoms with Gasteiger partial charge in [-0.2, -0.15) is 0 Å². The van der Waals surface area contributed by atoms with Gasteiger partial charge in [0.2, 0.25) is 0 Å². The molecule has 0 spiro atoms. The number of aromatic carboxylic acids is 1. The van der Waals surface area contributed by atoms with E-state index in [0.29, 0.717) is 10.1 Å². The summed E-state index contributed by atoms with van der Waals surface area (Å²) < 4.78 is 3.15. The van der Waals surface area contributed by atoms with Crippen molar-refractivity contribution in [2.75, 3.05) is 0 Å². The molecule has 0 amide bonds. The number of hydrogen-bond donors (Lipinski definition) is 1. The summed E-state index contributed by atoms with van der Waals surface area (Å²) in [7, 11) is 0. The van der Waals surface area contributed by atoms with Gasteiger partial charge in [0.15, 0.2) is 5.65 Å². The number of nitrogens with zero attached hydrogens (tertiary/aromatic N) is 2. The van der Waals surface area contributed by atoms with Crippen LogP contribution in [0, 0.1) is 3.70 Å². The Balaban J connectivity index is 2.90. The number of carboxylic acid groups (broad SMARTS) is 1. The monoisotopic (exact) mass is 366 g/mol. The number of rotatable bonds is 1. The van der Waals surface area contributed by atoms with Crippen LogP contribution in [0.3, 0.4) is 0 Å². The first-order chi connectivity index (χ1) is 6.61. The van der Waals surface area contributed by atoms with Crippen LogP contribution in [-0.4, -0.2) is 20.5 Å². The molecule has 1 N–H and O–H groups in total. The van der Waals surface area contributed by atoms with E-state index in [2.05, 4.69) is 43.5 Å². The molecular weight excluding hydrogens is 363 g/mol. The molecule has 0 atom stereocenters. The van der Waals surface area contributed by atoms with Crippen molar-refractivity contribution >= 4 is 50.1 Å². The average Bonchev–Trinajstić information content (AvgIpc) is 2.47. The summed E-state index contributed by atoms with van der Waals surface area (Å²) in [6.07, 6.45) is 3.41. The lowest BCUT2D eigenvalue weighted by Gasteiger charge is -2.01. The molecule has 2 rings (SSSR count). The highest BCUT2D eigenvalue weighted by molar-refractivity contribution is 14.1. The van der Waals surface area contributed by atoms with Crippen molar-refractivity contribution in [3.05, 3.63) is 32.2 Å². The fraction of sp³-hybridized carbons (Fsp3) is 0. The van der Waals surface area contributed by atoms with E-state index in [1.165, 1.54) is 0 Å². The summed E-state index contributed by atoms with van der Waals surface area (Å²) in [5.74, 6) is -0.982. The zero-order valence-corrected chi connectivity index (χ0v) is 10.5. The van der Waals surface area contributed by atoms with Crippen molar-refractivity contribution in [3.63, 3.8) is 0 Å². The van der Waals surface area contributed by atoms with Crippen molar-refractivity contribution in [1.29, 1.82) is 0 Å². The Morgan fingerprint density at radius 1 is 1.64 bits per heavy atom. The topological polar surface area (TPSA) is 54.6 Å². The first-order valence-electron chi connectivity index (χ1n) is 3.65. The molecule has 0 aliphatic rings. The van der Waals surface area contributed by atoms with Gasteiger partial charge in [-0.05, 0) is 44.6 Å². The Morgan fingerprint density at radius 2 is 2.36 bits per heavy atom. The molecular formula is C8H4BrIN2O2. The Bertz CT molecular complexity index is 523. The van der Waals surface area contributed by atoms with Gasteiger partial charge in [-0.1, -0.05) is 0 Å². The van der Waals surface area contributed by atoms with Crippen molar-refractivity contribution in [1.82, 2.24) is 9.38 Å². The molecule has 0 fully saturated rings. The average molecular weight is 367 g/mol. The van der Waals surface area contributed by atoms with Crippen LogP contribution in [0.15, 0.2) is 22.9 Å². The highest BCUT2D eigenvalue weighted by Crippen LogP contribution is 2.22. The number of halogens is 2. The molecule has 0 aliphatic carbocycles. The third kappa shape index (κ3) is 1.42. The van der Waals surface area contributed by atoms with Gasteiger partial charge in [0.25, 0.3) is 0 Å². The van der Waals surface area contributed by atoms with Gasteiger partial charge in [0, 0.05) is 10.7 Å². The quantitative estimate of drug-likeness (QED) is 0.788. The lowest BCUT2D eigenvalue weighted by molar-refractivity contribution is 0.0697. The second kappa shape index (κ2) is 3.50. The summed E-state index contributed by atoms with van der Waals surface area (Å²) in [6.45, 7) is 0. The summed E-state index contributed by atoms with van der Waals surface area (Å²) in [4.78, 5) is 15.0. The third-order valence-electron chi connectivity index (χ3n) is 1.80. The number of carbonyl (C=O) groups is 1. The maximum absolute atomic E-state index is 11.0. The molecule has 0 unspecified atom stereocenters. The molecule has 0 aromatic carbocycles. The first kappa shape index (κ1) is 9.91. The van der Waals surface area contributed by atoms with Crippen LogP contribution in [-0.2, 0) is 0 Å². The van der Waals surface area contributed by atoms with Gasteiger partial charge in [-0.25, -0.2) is 9.78 Å². The van der Waals surface area contributed by atoms with Gasteiger partial charge in [0.05, 0.1) is 6.20 Å². The van der Waals surface area contributed by atoms with Gasteiger partial charge in [-0.15, -0.1) is 0 Å². The first-order valence-corrected chi connectivity index (χ1v) is 5.53. The number of pyridine rings is 1. The van der Waals surface area contributed by atoms with Crippen LogP contribution in [0.5, 0.6) is 0 Å². The second-order valence-corrected chi connectivity index (χ2v) is 4.58. The fourth-order valence-electron chi connectivity index (χ4n) is 1.19. The summed E-state index contributed by atoms with van der Waals surface area (Å²) in [5.41, 5.74) is 0.645. The Hall–Kier alpha value is -0.630. The molecule has 0 radical (unpaired) electrons. The highest BCUT2D eigenvalue weighted by atomic mass is 127. The van der Waals surface area contributed by atoms with Crippen LogP contribution in [0.25, 0.3) is 5.65 Å². The molecule has 0 saturated heterocycles. The lowest BCUT2D eigenvalue weighted by Crippen LogP contribution is -2.02. The minimum atomic E-state index is -0.982. The number of aromatic nitrogens is 2. The van der Waals surface area contributed by atoms with E-state index < -0.39 is 5.97 Å². The maximum Gasteiger partial charge on any atom is 0.340 e. The summed E-state index contributed by atoms with van der Waals surface area (Å²) >= 11 is 5.29. The number of fused-ring (bicyclic) bond motifs is 1. The van der Waals surface area contributed by atoms with Crippen molar-refractivity contribution in [2.45, 2.75) is 0 Å². The van der Waals surface area contributed by atoms with Crippen LogP contribution in [0.2, 0.25) is 0 Å². The molecule has 0 aliphatic heterocycles. The normalized spacial score (nSPS) is 10.7. The van der Waals surface area contributed by atoms with Crippen LogP contribution < -0.4 is 0 Å². The molecule has 6 heteroatoms. The minimum absolute atomic E-state index is 0.190. The van der Waals surface area contributed by atoms with Gasteiger partial charge >= 0.3 is 5.97 Å². The predicted octanol–water partition coefficient (Wildman–Crippen LogP) is 2.40. The molecule has 0 bridgehead atoms. The van der Waals surface area contributed by atoms with E-state index in [1.807, 2.05) is 0 Å². The molecule has 72 valence electrons. The molecule has 2 heterocycles. The smallest absolute Gasteiger partial charge is 0.340 e. The summed E-state index contributed by atoms with van der Waals surface area (Å²) in [5, 5.41) is 8.99. The van der Waals surface area contributed by atoms with E-state index in [-0.39, 0.29) is 5.56 Å². The van der Waals surface area contributed by atoms with Crippen molar-refractivity contribution in [2.24, 2.45) is 0 Å². The molecule has 2 aromatic rings. The van der Waals surface area contributed by atoms with Crippen molar-refractivity contribution in [3.8, 4) is 0 Å². The minimum Gasteiger partial charge on any atom is -0.478 e. The van der Waals surface area contributed by atoms with Gasteiger partial charge in [-0.3, -0.25) is 4.40 Å². The predicted molar refractivity (Wildman–Crippen MR) is 62.6 cm³/mol. The largest absolute Gasteiger partial charge is 0.478 e. The van der Waals surface area contributed by atoms with E-state index in [4.69, 9.17) is 5.11 Å². The Kier molecular flexibility index (Phi) is 2.48. The standard InChI is InChI=1S/C8H4BrIN2O2/c9-4-1-2-12-5(10)3-11-7(12)6(4)8(13)14/h1-3H,(H,13,14). The zero-order valence-electron chi connectivity index (χ0n) is 6.74. The van der Waals surface area contributed by atoms with E-state index in [0.717, 1.165) is 3.70 Å². The lowest BCUT2D eigenvalue weighted by atomic mass is 10.3. The summed E-state index contributed by atoms with van der Waals surface area (Å²) in [6, 6.07) is 1.69. The van der Waals surface area contributed by atoms with E-state index in [1.54, 1.807) is 22.9 Å². The fourth-order valence-corrected chi connectivity index (χ4v) is 2.19. The molecule has 0 saturated carbocycles.